The Morgan fingerprint density at radius 3 is 2.93 bits per heavy atom. The van der Waals surface area contributed by atoms with Gasteiger partial charge in [0.15, 0.2) is 5.78 Å². The summed E-state index contributed by atoms with van der Waals surface area (Å²) in [5, 5.41) is 1.01. The maximum atomic E-state index is 11.6. The van der Waals surface area contributed by atoms with E-state index in [-0.39, 0.29) is 5.78 Å². The van der Waals surface area contributed by atoms with Crippen molar-refractivity contribution >= 4 is 44.9 Å². The van der Waals surface area contributed by atoms with Gasteiger partial charge in [-0.3, -0.25) is 4.79 Å². The van der Waals surface area contributed by atoms with Crippen LogP contribution in [0.2, 0.25) is 4.34 Å². The molecule has 0 spiro atoms. The summed E-state index contributed by atoms with van der Waals surface area (Å²) in [6.07, 6.45) is 3.43. The Morgan fingerprint density at radius 1 is 1.21 bits per heavy atom. The second kappa shape index (κ2) is 2.69. The van der Waals surface area contributed by atoms with Crippen molar-refractivity contribution in [2.24, 2.45) is 0 Å². The van der Waals surface area contributed by atoms with Crippen molar-refractivity contribution in [1.29, 1.82) is 0 Å². The first-order valence-corrected chi connectivity index (χ1v) is 5.40. The van der Waals surface area contributed by atoms with E-state index in [2.05, 4.69) is 0 Å². The molecule has 1 nitrogen and oxygen atoms in total. The Morgan fingerprint density at radius 2 is 2.07 bits per heavy atom. The van der Waals surface area contributed by atoms with Gasteiger partial charge in [-0.1, -0.05) is 29.8 Å². The zero-order valence-electron chi connectivity index (χ0n) is 7.08. The molecule has 0 atom stereocenters. The lowest BCUT2D eigenvalue weighted by Gasteiger charge is -2.04. The summed E-state index contributed by atoms with van der Waals surface area (Å²) in [4.78, 5) is 11.6. The maximum absolute atomic E-state index is 11.6. The fourth-order valence-corrected chi connectivity index (χ4v) is 3.16. The van der Waals surface area contributed by atoms with Crippen molar-refractivity contribution in [2.45, 2.75) is 0 Å². The number of hydrogen-bond donors (Lipinski definition) is 0. The van der Waals surface area contributed by atoms with Crippen LogP contribution in [0.15, 0.2) is 24.3 Å². The van der Waals surface area contributed by atoms with Crippen LogP contribution in [0.25, 0.3) is 16.2 Å². The molecule has 1 heterocycles. The summed E-state index contributed by atoms with van der Waals surface area (Å²) in [5.74, 6) is 0.0138. The average Bonchev–Trinajstić information content (AvgIpc) is 2.51. The number of carbonyl (C=O) groups excluding carboxylic acids is 1. The molecule has 3 heteroatoms. The SMILES string of the molecule is O=C1C=Cc2cccc3sc(Cl)c1c23. The highest BCUT2D eigenvalue weighted by molar-refractivity contribution is 7.23. The van der Waals surface area contributed by atoms with Gasteiger partial charge in [0.1, 0.15) is 4.34 Å². The second-order valence-electron chi connectivity index (χ2n) is 3.17. The van der Waals surface area contributed by atoms with Gasteiger partial charge in [-0.25, -0.2) is 0 Å². The molecule has 0 fully saturated rings. The van der Waals surface area contributed by atoms with Gasteiger partial charge in [-0.05, 0) is 17.7 Å². The Bertz CT molecular complexity index is 580. The van der Waals surface area contributed by atoms with E-state index in [1.165, 1.54) is 11.3 Å². The number of carbonyl (C=O) groups is 1. The minimum absolute atomic E-state index is 0.0138. The first kappa shape index (κ1) is 8.21. The average molecular weight is 221 g/mol. The van der Waals surface area contributed by atoms with Crippen LogP contribution in [0.4, 0.5) is 0 Å². The van der Waals surface area contributed by atoms with E-state index in [1.807, 2.05) is 24.3 Å². The molecule has 0 N–H and O–H groups in total. The molecule has 68 valence electrons. The van der Waals surface area contributed by atoms with Crippen LogP contribution in [0, 0.1) is 0 Å². The lowest BCUT2D eigenvalue weighted by molar-refractivity contribution is 0.104. The quantitative estimate of drug-likeness (QED) is 0.661. The van der Waals surface area contributed by atoms with Crippen LogP contribution in [0.3, 0.4) is 0 Å². The number of ketones is 1. The van der Waals surface area contributed by atoms with Crippen LogP contribution in [0.1, 0.15) is 15.9 Å². The summed E-state index contributed by atoms with van der Waals surface area (Å²) in [5.41, 5.74) is 1.75. The van der Waals surface area contributed by atoms with Gasteiger partial charge in [0, 0.05) is 10.1 Å². The van der Waals surface area contributed by atoms with Crippen LogP contribution in [0.5, 0.6) is 0 Å². The highest BCUT2D eigenvalue weighted by Gasteiger charge is 2.20. The van der Waals surface area contributed by atoms with Crippen molar-refractivity contribution in [3.05, 3.63) is 39.7 Å². The fraction of sp³-hybridized carbons (Fsp3) is 0. The number of benzene rings is 1. The molecular weight excluding hydrogens is 216 g/mol. The monoisotopic (exact) mass is 220 g/mol. The molecule has 1 aliphatic rings. The summed E-state index contributed by atoms with van der Waals surface area (Å²) in [7, 11) is 0. The zero-order valence-corrected chi connectivity index (χ0v) is 8.65. The van der Waals surface area contributed by atoms with E-state index in [1.54, 1.807) is 6.08 Å². The largest absolute Gasteiger partial charge is 0.289 e. The van der Waals surface area contributed by atoms with Gasteiger partial charge >= 0.3 is 0 Å². The second-order valence-corrected chi connectivity index (χ2v) is 4.82. The van der Waals surface area contributed by atoms with Crippen LogP contribution < -0.4 is 0 Å². The summed E-state index contributed by atoms with van der Waals surface area (Å²) < 4.78 is 1.68. The zero-order chi connectivity index (χ0) is 9.71. The smallest absolute Gasteiger partial charge is 0.188 e. The summed E-state index contributed by atoms with van der Waals surface area (Å²) >= 11 is 7.50. The predicted molar refractivity (Wildman–Crippen MR) is 60.2 cm³/mol. The molecule has 0 saturated heterocycles. The third-order valence-corrected chi connectivity index (χ3v) is 3.73. The van der Waals surface area contributed by atoms with Gasteiger partial charge < -0.3 is 0 Å². The molecule has 0 amide bonds. The van der Waals surface area contributed by atoms with Crippen LogP contribution in [-0.4, -0.2) is 5.78 Å². The fourth-order valence-electron chi connectivity index (χ4n) is 1.75. The molecule has 2 aromatic rings. The number of allylic oxidation sites excluding steroid dienone is 1. The van der Waals surface area contributed by atoms with E-state index < -0.39 is 0 Å². The van der Waals surface area contributed by atoms with Crippen LogP contribution >= 0.6 is 22.9 Å². The molecule has 1 aromatic carbocycles. The first-order valence-electron chi connectivity index (χ1n) is 4.21. The molecule has 0 saturated carbocycles. The maximum Gasteiger partial charge on any atom is 0.188 e. The molecular formula is C11H5ClOS. The molecule has 0 unspecified atom stereocenters. The van der Waals surface area contributed by atoms with Gasteiger partial charge in [0.05, 0.1) is 5.56 Å². The molecule has 1 aromatic heterocycles. The third-order valence-electron chi connectivity index (χ3n) is 2.37. The predicted octanol–water partition coefficient (Wildman–Crippen LogP) is 3.76. The highest BCUT2D eigenvalue weighted by Crippen LogP contribution is 2.39. The standard InChI is InChI=1S/C11H5ClOS/c12-11-10-7(13)5-4-6-2-1-3-8(14-11)9(6)10/h1-5H. The van der Waals surface area contributed by atoms with Crippen molar-refractivity contribution in [2.75, 3.05) is 0 Å². The van der Waals surface area contributed by atoms with Gasteiger partial charge in [0.2, 0.25) is 0 Å². The minimum Gasteiger partial charge on any atom is -0.289 e. The normalized spacial score (nSPS) is 13.9. The van der Waals surface area contributed by atoms with E-state index in [0.717, 1.165) is 15.6 Å². The molecule has 1 aliphatic carbocycles. The van der Waals surface area contributed by atoms with Crippen molar-refractivity contribution in [1.82, 2.24) is 0 Å². The molecule has 0 radical (unpaired) electrons. The van der Waals surface area contributed by atoms with E-state index in [4.69, 9.17) is 11.6 Å². The van der Waals surface area contributed by atoms with Gasteiger partial charge in [0.25, 0.3) is 0 Å². The molecule has 14 heavy (non-hydrogen) atoms. The Hall–Kier alpha value is -1.12. The summed E-state index contributed by atoms with van der Waals surface area (Å²) in [6, 6.07) is 5.97. The lowest BCUT2D eigenvalue weighted by Crippen LogP contribution is -1.98. The van der Waals surface area contributed by atoms with Crippen molar-refractivity contribution in [3.63, 3.8) is 0 Å². The molecule has 3 rings (SSSR count). The number of halogens is 1. The lowest BCUT2D eigenvalue weighted by atomic mass is 9.98. The van der Waals surface area contributed by atoms with Gasteiger partial charge in [-0.15, -0.1) is 11.3 Å². The summed E-state index contributed by atoms with van der Waals surface area (Å²) in [6.45, 7) is 0. The van der Waals surface area contributed by atoms with E-state index in [0.29, 0.717) is 9.90 Å². The molecule has 0 bridgehead atoms. The first-order chi connectivity index (χ1) is 6.77. The van der Waals surface area contributed by atoms with Crippen molar-refractivity contribution < 1.29 is 4.79 Å². The van der Waals surface area contributed by atoms with Gasteiger partial charge in [-0.2, -0.15) is 0 Å². The number of hydrogen-bond acceptors (Lipinski definition) is 2. The minimum atomic E-state index is 0.0138. The number of rotatable bonds is 0. The number of thiophene rings is 1. The van der Waals surface area contributed by atoms with E-state index in [9.17, 15) is 4.79 Å². The molecule has 0 aliphatic heterocycles. The topological polar surface area (TPSA) is 17.1 Å². The van der Waals surface area contributed by atoms with Crippen molar-refractivity contribution in [3.8, 4) is 0 Å². The third kappa shape index (κ3) is 0.925. The Balaban J connectivity index is 2.59. The highest BCUT2D eigenvalue weighted by atomic mass is 35.5. The Labute approximate surface area is 89.6 Å². The van der Waals surface area contributed by atoms with Crippen LogP contribution in [-0.2, 0) is 0 Å². The Kier molecular flexibility index (Phi) is 1.58. The van der Waals surface area contributed by atoms with E-state index >= 15 is 0 Å².